The minimum atomic E-state index is -0.318. The summed E-state index contributed by atoms with van der Waals surface area (Å²) in [6.45, 7) is 8.26. The third-order valence-corrected chi connectivity index (χ3v) is 4.41. The molecule has 0 spiro atoms. The van der Waals surface area contributed by atoms with Crippen LogP contribution >= 0.6 is 12.4 Å². The molecule has 3 rings (SSSR count). The van der Waals surface area contributed by atoms with E-state index >= 15 is 0 Å². The van der Waals surface area contributed by atoms with E-state index in [1.165, 1.54) is 0 Å². The Morgan fingerprint density at radius 3 is 2.00 bits per heavy atom. The van der Waals surface area contributed by atoms with Crippen molar-refractivity contribution in [2.75, 3.05) is 5.73 Å². The van der Waals surface area contributed by atoms with Gasteiger partial charge in [0.2, 0.25) is 0 Å². The fraction of sp³-hybridized carbons (Fsp3) is 0.375. The lowest BCUT2D eigenvalue weighted by molar-refractivity contribution is 0.00578. The number of halogens is 1. The fourth-order valence-electron chi connectivity index (χ4n) is 2.41. The molecule has 1 saturated heterocycles. The van der Waals surface area contributed by atoms with Crippen molar-refractivity contribution in [3.8, 4) is 0 Å². The quantitative estimate of drug-likeness (QED) is 0.650. The lowest BCUT2D eigenvalue weighted by Crippen LogP contribution is -2.41. The molecule has 0 aliphatic carbocycles. The highest BCUT2D eigenvalue weighted by atomic mass is 35.5. The molecular formula is C16H21BClNO2. The van der Waals surface area contributed by atoms with Crippen molar-refractivity contribution in [2.24, 2.45) is 0 Å². The number of nitrogen functional groups attached to an aromatic ring is 1. The van der Waals surface area contributed by atoms with E-state index < -0.39 is 0 Å². The average molecular weight is 306 g/mol. The van der Waals surface area contributed by atoms with Crippen molar-refractivity contribution < 1.29 is 9.31 Å². The number of hydrogen-bond donors (Lipinski definition) is 1. The maximum absolute atomic E-state index is 6.08. The predicted octanol–water partition coefficient (Wildman–Crippen LogP) is 3.14. The Morgan fingerprint density at radius 1 is 0.857 bits per heavy atom. The van der Waals surface area contributed by atoms with Crippen LogP contribution < -0.4 is 11.2 Å². The topological polar surface area (TPSA) is 44.5 Å². The van der Waals surface area contributed by atoms with Gasteiger partial charge in [0.15, 0.2) is 0 Å². The first-order valence-corrected chi connectivity index (χ1v) is 6.93. The summed E-state index contributed by atoms with van der Waals surface area (Å²) >= 11 is 0. The first-order valence-electron chi connectivity index (χ1n) is 6.93. The van der Waals surface area contributed by atoms with E-state index in [0.717, 1.165) is 21.9 Å². The second-order valence-corrected chi connectivity index (χ2v) is 6.45. The van der Waals surface area contributed by atoms with Gasteiger partial charge >= 0.3 is 7.12 Å². The zero-order chi connectivity index (χ0) is 14.5. The van der Waals surface area contributed by atoms with Gasteiger partial charge in [-0.05, 0) is 56.1 Å². The minimum Gasteiger partial charge on any atom is -0.399 e. The highest BCUT2D eigenvalue weighted by molar-refractivity contribution is 6.62. The van der Waals surface area contributed by atoms with Crippen molar-refractivity contribution in [3.63, 3.8) is 0 Å². The number of anilines is 1. The third-order valence-electron chi connectivity index (χ3n) is 4.41. The van der Waals surface area contributed by atoms with E-state index in [2.05, 4.69) is 39.8 Å². The molecule has 1 aliphatic heterocycles. The molecule has 21 heavy (non-hydrogen) atoms. The molecule has 0 unspecified atom stereocenters. The van der Waals surface area contributed by atoms with Crippen molar-refractivity contribution in [1.29, 1.82) is 0 Å². The highest BCUT2D eigenvalue weighted by Crippen LogP contribution is 2.36. The van der Waals surface area contributed by atoms with Gasteiger partial charge in [-0.3, -0.25) is 0 Å². The van der Waals surface area contributed by atoms with Gasteiger partial charge < -0.3 is 15.0 Å². The Labute approximate surface area is 132 Å². The standard InChI is InChI=1S/C16H20BNO2.ClH/c1-15(2)16(3,4)20-17(19-15)13-7-5-12-10-14(18)8-6-11(12)9-13;/h5-10H,18H2,1-4H3;1H. The molecule has 1 heterocycles. The molecular weight excluding hydrogens is 284 g/mol. The molecule has 2 aromatic carbocycles. The smallest absolute Gasteiger partial charge is 0.399 e. The summed E-state index contributed by atoms with van der Waals surface area (Å²) in [5.74, 6) is 0. The molecule has 0 saturated carbocycles. The molecule has 1 aliphatic rings. The van der Waals surface area contributed by atoms with Crippen molar-refractivity contribution in [3.05, 3.63) is 36.4 Å². The van der Waals surface area contributed by atoms with E-state index in [0.29, 0.717) is 0 Å². The Bertz CT molecular complexity index is 656. The monoisotopic (exact) mass is 305 g/mol. The fourth-order valence-corrected chi connectivity index (χ4v) is 2.41. The Kier molecular flexibility index (Phi) is 4.00. The van der Waals surface area contributed by atoms with Gasteiger partial charge in [0.1, 0.15) is 0 Å². The second kappa shape index (κ2) is 5.20. The summed E-state index contributed by atoms with van der Waals surface area (Å²) in [4.78, 5) is 0. The molecule has 0 aromatic heterocycles. The maximum Gasteiger partial charge on any atom is 0.494 e. The molecule has 0 bridgehead atoms. The maximum atomic E-state index is 6.08. The van der Waals surface area contributed by atoms with E-state index in [9.17, 15) is 0 Å². The van der Waals surface area contributed by atoms with Crippen LogP contribution in [-0.4, -0.2) is 18.3 Å². The van der Waals surface area contributed by atoms with Crippen LogP contribution in [0.15, 0.2) is 36.4 Å². The van der Waals surface area contributed by atoms with E-state index in [4.69, 9.17) is 15.0 Å². The van der Waals surface area contributed by atoms with Crippen LogP contribution in [0.1, 0.15) is 27.7 Å². The average Bonchev–Trinajstić information content (AvgIpc) is 2.58. The van der Waals surface area contributed by atoms with Gasteiger partial charge in [-0.25, -0.2) is 0 Å². The molecule has 5 heteroatoms. The first kappa shape index (κ1) is 16.2. The van der Waals surface area contributed by atoms with Crippen LogP contribution in [0, 0.1) is 0 Å². The molecule has 1 fully saturated rings. The van der Waals surface area contributed by atoms with Gasteiger partial charge in [-0.1, -0.05) is 24.3 Å². The molecule has 0 radical (unpaired) electrons. The molecule has 0 atom stereocenters. The summed E-state index contributed by atoms with van der Waals surface area (Å²) in [5, 5.41) is 2.27. The molecule has 2 aromatic rings. The number of benzene rings is 2. The van der Waals surface area contributed by atoms with Crippen molar-refractivity contribution >= 4 is 41.4 Å². The SMILES string of the molecule is CC1(C)OB(c2ccc3cc(N)ccc3c2)OC1(C)C.Cl. The van der Waals surface area contributed by atoms with Crippen LogP contribution in [0.2, 0.25) is 0 Å². The van der Waals surface area contributed by atoms with Crippen molar-refractivity contribution in [2.45, 2.75) is 38.9 Å². The zero-order valence-electron chi connectivity index (χ0n) is 12.8. The van der Waals surface area contributed by atoms with Gasteiger partial charge in [-0.15, -0.1) is 12.4 Å². The van der Waals surface area contributed by atoms with Crippen LogP contribution in [0.3, 0.4) is 0 Å². The Morgan fingerprint density at radius 2 is 1.38 bits per heavy atom. The highest BCUT2D eigenvalue weighted by Gasteiger charge is 2.51. The van der Waals surface area contributed by atoms with Gasteiger partial charge in [-0.2, -0.15) is 0 Å². The third kappa shape index (κ3) is 2.76. The van der Waals surface area contributed by atoms with Gasteiger partial charge in [0, 0.05) is 5.69 Å². The Balaban J connectivity index is 0.00000161. The number of rotatable bonds is 1. The summed E-state index contributed by atoms with van der Waals surface area (Å²) in [7, 11) is -0.318. The van der Waals surface area contributed by atoms with Gasteiger partial charge in [0.05, 0.1) is 11.2 Å². The van der Waals surface area contributed by atoms with Crippen LogP contribution in [-0.2, 0) is 9.31 Å². The number of hydrogen-bond acceptors (Lipinski definition) is 3. The minimum absolute atomic E-state index is 0. The van der Waals surface area contributed by atoms with Crippen LogP contribution in [0.4, 0.5) is 5.69 Å². The lowest BCUT2D eigenvalue weighted by atomic mass is 9.78. The summed E-state index contributed by atoms with van der Waals surface area (Å²) in [5.41, 5.74) is 7.00. The van der Waals surface area contributed by atoms with Gasteiger partial charge in [0.25, 0.3) is 0 Å². The predicted molar refractivity (Wildman–Crippen MR) is 91.3 cm³/mol. The molecule has 0 amide bonds. The molecule has 3 nitrogen and oxygen atoms in total. The summed E-state index contributed by atoms with van der Waals surface area (Å²) < 4.78 is 12.2. The zero-order valence-corrected chi connectivity index (χ0v) is 13.7. The summed E-state index contributed by atoms with van der Waals surface area (Å²) in [6, 6.07) is 12.1. The van der Waals surface area contributed by atoms with Crippen LogP contribution in [0.25, 0.3) is 10.8 Å². The molecule has 2 N–H and O–H groups in total. The second-order valence-electron chi connectivity index (χ2n) is 6.45. The van der Waals surface area contributed by atoms with Crippen molar-refractivity contribution in [1.82, 2.24) is 0 Å². The van der Waals surface area contributed by atoms with E-state index in [1.54, 1.807) is 0 Å². The largest absolute Gasteiger partial charge is 0.494 e. The van der Waals surface area contributed by atoms with Crippen LogP contribution in [0.5, 0.6) is 0 Å². The first-order chi connectivity index (χ1) is 9.28. The number of nitrogens with two attached hydrogens (primary N) is 1. The number of fused-ring (bicyclic) bond motifs is 1. The molecule has 112 valence electrons. The normalized spacial score (nSPS) is 19.5. The van der Waals surface area contributed by atoms with E-state index in [1.807, 2.05) is 24.3 Å². The lowest BCUT2D eigenvalue weighted by Gasteiger charge is -2.32. The summed E-state index contributed by atoms with van der Waals surface area (Å²) in [6.07, 6.45) is 0. The van der Waals surface area contributed by atoms with E-state index in [-0.39, 0.29) is 30.7 Å². The Hall–Kier alpha value is -1.23.